The molecule has 0 aliphatic rings. The number of nitrogens with zero attached hydrogens (tertiary/aromatic N) is 1. The molecule has 0 radical (unpaired) electrons. The van der Waals surface area contributed by atoms with E-state index in [1.165, 1.54) is 14.2 Å². The number of urea groups is 1. The van der Waals surface area contributed by atoms with E-state index < -0.39 is 0 Å². The normalized spacial score (nSPS) is 10.2. The first kappa shape index (κ1) is 19.7. The van der Waals surface area contributed by atoms with E-state index in [1.807, 2.05) is 24.3 Å². The van der Waals surface area contributed by atoms with Gasteiger partial charge in [-0.1, -0.05) is 11.6 Å². The number of nitrogens with one attached hydrogen (secondary N) is 2. The van der Waals surface area contributed by atoms with Crippen LogP contribution in [0, 0.1) is 0 Å². The molecule has 0 spiro atoms. The summed E-state index contributed by atoms with van der Waals surface area (Å²) in [6.45, 7) is 6.08. The highest BCUT2D eigenvalue weighted by Gasteiger charge is 2.13. The summed E-state index contributed by atoms with van der Waals surface area (Å²) in [6.07, 6.45) is 0. The summed E-state index contributed by atoms with van der Waals surface area (Å²) in [7, 11) is 3.02. The average molecular weight is 378 g/mol. The quantitative estimate of drug-likeness (QED) is 0.724. The highest BCUT2D eigenvalue weighted by Crippen LogP contribution is 2.35. The molecule has 7 heteroatoms. The lowest BCUT2D eigenvalue weighted by molar-refractivity contribution is 0.262. The predicted molar refractivity (Wildman–Crippen MR) is 107 cm³/mol. The van der Waals surface area contributed by atoms with Gasteiger partial charge in [0.2, 0.25) is 0 Å². The van der Waals surface area contributed by atoms with Crippen molar-refractivity contribution in [3.8, 4) is 11.5 Å². The van der Waals surface area contributed by atoms with Gasteiger partial charge >= 0.3 is 6.03 Å². The molecule has 2 aromatic carbocycles. The van der Waals surface area contributed by atoms with E-state index in [1.54, 1.807) is 12.1 Å². The van der Waals surface area contributed by atoms with E-state index in [2.05, 4.69) is 29.4 Å². The van der Waals surface area contributed by atoms with E-state index in [0.29, 0.717) is 27.9 Å². The van der Waals surface area contributed by atoms with Crippen LogP contribution in [0.15, 0.2) is 36.4 Å². The highest BCUT2D eigenvalue weighted by atomic mass is 35.5. The molecule has 0 heterocycles. The van der Waals surface area contributed by atoms with E-state index in [4.69, 9.17) is 21.1 Å². The number of carbonyl (C=O) groups is 1. The SMILES string of the molecule is CCN(CC)c1ccc(NC(=O)Nc2cc(OC)c(Cl)cc2OC)cc1. The number of amides is 2. The third kappa shape index (κ3) is 4.73. The number of ether oxygens (including phenoxy) is 2. The number of hydrogen-bond donors (Lipinski definition) is 2. The maximum Gasteiger partial charge on any atom is 0.323 e. The second-order valence-electron chi connectivity index (χ2n) is 5.49. The lowest BCUT2D eigenvalue weighted by Gasteiger charge is -2.21. The third-order valence-corrected chi connectivity index (χ3v) is 4.27. The molecule has 0 saturated carbocycles. The smallest absolute Gasteiger partial charge is 0.323 e. The molecule has 140 valence electrons. The standard InChI is InChI=1S/C19H24ClN3O3/c1-5-23(6-2)14-9-7-13(8-10-14)21-19(24)22-16-12-17(25-3)15(20)11-18(16)26-4/h7-12H,5-6H2,1-4H3,(H2,21,22,24). The Morgan fingerprint density at radius 2 is 1.62 bits per heavy atom. The van der Waals surface area contributed by atoms with Crippen LogP contribution in [0.5, 0.6) is 11.5 Å². The van der Waals surface area contributed by atoms with Crippen LogP contribution >= 0.6 is 11.6 Å². The summed E-state index contributed by atoms with van der Waals surface area (Å²) in [5, 5.41) is 5.95. The molecule has 2 amide bonds. The lowest BCUT2D eigenvalue weighted by Crippen LogP contribution is -2.22. The number of methoxy groups -OCH3 is 2. The fourth-order valence-corrected chi connectivity index (χ4v) is 2.82. The average Bonchev–Trinajstić information content (AvgIpc) is 2.65. The zero-order valence-corrected chi connectivity index (χ0v) is 16.2. The first-order valence-electron chi connectivity index (χ1n) is 8.36. The van der Waals surface area contributed by atoms with Crippen molar-refractivity contribution in [2.75, 3.05) is 42.8 Å². The van der Waals surface area contributed by atoms with Crippen molar-refractivity contribution in [1.29, 1.82) is 0 Å². The Kier molecular flexibility index (Phi) is 6.97. The van der Waals surface area contributed by atoms with E-state index in [0.717, 1.165) is 18.8 Å². The molecule has 2 aromatic rings. The molecular weight excluding hydrogens is 354 g/mol. The maximum atomic E-state index is 12.3. The largest absolute Gasteiger partial charge is 0.495 e. The maximum absolute atomic E-state index is 12.3. The Hall–Kier alpha value is -2.60. The van der Waals surface area contributed by atoms with Crippen molar-refractivity contribution >= 4 is 34.7 Å². The summed E-state index contributed by atoms with van der Waals surface area (Å²) in [5.41, 5.74) is 2.27. The van der Waals surface area contributed by atoms with E-state index in [-0.39, 0.29) is 6.03 Å². The van der Waals surface area contributed by atoms with Crippen LogP contribution in [0.1, 0.15) is 13.8 Å². The second-order valence-corrected chi connectivity index (χ2v) is 5.89. The summed E-state index contributed by atoms with van der Waals surface area (Å²) in [4.78, 5) is 14.5. The number of halogens is 1. The zero-order chi connectivity index (χ0) is 19.1. The highest BCUT2D eigenvalue weighted by molar-refractivity contribution is 6.32. The lowest BCUT2D eigenvalue weighted by atomic mass is 10.2. The Morgan fingerprint density at radius 1 is 1.00 bits per heavy atom. The summed E-state index contributed by atoms with van der Waals surface area (Å²) in [5.74, 6) is 0.897. The van der Waals surface area contributed by atoms with Crippen molar-refractivity contribution in [3.63, 3.8) is 0 Å². The van der Waals surface area contributed by atoms with Crippen molar-refractivity contribution in [2.45, 2.75) is 13.8 Å². The number of benzene rings is 2. The first-order chi connectivity index (χ1) is 12.5. The van der Waals surface area contributed by atoms with Crippen LogP contribution in [0.2, 0.25) is 5.02 Å². The Balaban J connectivity index is 2.09. The molecule has 0 aliphatic heterocycles. The number of rotatable bonds is 7. The third-order valence-electron chi connectivity index (χ3n) is 3.98. The van der Waals surface area contributed by atoms with Crippen molar-refractivity contribution in [3.05, 3.63) is 41.4 Å². The Labute approximate surface area is 159 Å². The molecule has 0 aliphatic carbocycles. The van der Waals surface area contributed by atoms with Gasteiger partial charge in [0.05, 0.1) is 24.9 Å². The van der Waals surface area contributed by atoms with Crippen molar-refractivity contribution < 1.29 is 14.3 Å². The van der Waals surface area contributed by atoms with Gasteiger partial charge in [0.1, 0.15) is 11.5 Å². The van der Waals surface area contributed by atoms with Gasteiger partial charge in [0, 0.05) is 36.6 Å². The Morgan fingerprint density at radius 3 is 2.15 bits per heavy atom. The molecule has 2 rings (SSSR count). The molecule has 0 fully saturated rings. The number of carbonyl (C=O) groups excluding carboxylic acids is 1. The number of anilines is 3. The summed E-state index contributed by atoms with van der Waals surface area (Å²) >= 11 is 6.07. The van der Waals surface area contributed by atoms with Crippen LogP contribution in [-0.2, 0) is 0 Å². The van der Waals surface area contributed by atoms with Gasteiger partial charge in [-0.25, -0.2) is 4.79 Å². The molecule has 0 atom stereocenters. The zero-order valence-electron chi connectivity index (χ0n) is 15.4. The van der Waals surface area contributed by atoms with Crippen LogP contribution in [-0.4, -0.2) is 33.3 Å². The van der Waals surface area contributed by atoms with E-state index in [9.17, 15) is 4.79 Å². The summed E-state index contributed by atoms with van der Waals surface area (Å²) in [6, 6.07) is 10.5. The van der Waals surface area contributed by atoms with Gasteiger partial charge < -0.3 is 25.0 Å². The van der Waals surface area contributed by atoms with Crippen LogP contribution in [0.25, 0.3) is 0 Å². The van der Waals surface area contributed by atoms with Gasteiger partial charge in [-0.2, -0.15) is 0 Å². The molecule has 0 bridgehead atoms. The minimum atomic E-state index is -0.386. The molecule has 2 N–H and O–H groups in total. The minimum Gasteiger partial charge on any atom is -0.495 e. The fraction of sp³-hybridized carbons (Fsp3) is 0.316. The Bertz CT molecular complexity index is 746. The molecule has 26 heavy (non-hydrogen) atoms. The van der Waals surface area contributed by atoms with Crippen molar-refractivity contribution in [2.24, 2.45) is 0 Å². The van der Waals surface area contributed by atoms with Crippen LogP contribution in [0.3, 0.4) is 0 Å². The van der Waals surface area contributed by atoms with Crippen molar-refractivity contribution in [1.82, 2.24) is 0 Å². The minimum absolute atomic E-state index is 0.386. The van der Waals surface area contributed by atoms with Crippen LogP contribution in [0.4, 0.5) is 21.9 Å². The molecule has 0 unspecified atom stereocenters. The van der Waals surface area contributed by atoms with Gasteiger partial charge in [0.15, 0.2) is 0 Å². The van der Waals surface area contributed by atoms with Gasteiger partial charge in [-0.15, -0.1) is 0 Å². The molecule has 0 saturated heterocycles. The topological polar surface area (TPSA) is 62.8 Å². The predicted octanol–water partition coefficient (Wildman–Crippen LogP) is 4.85. The van der Waals surface area contributed by atoms with Gasteiger partial charge in [0.25, 0.3) is 0 Å². The van der Waals surface area contributed by atoms with Gasteiger partial charge in [-0.05, 0) is 38.1 Å². The summed E-state index contributed by atoms with van der Waals surface area (Å²) < 4.78 is 10.4. The monoisotopic (exact) mass is 377 g/mol. The molecule has 6 nitrogen and oxygen atoms in total. The van der Waals surface area contributed by atoms with E-state index >= 15 is 0 Å². The second kappa shape index (κ2) is 9.20. The van der Waals surface area contributed by atoms with Gasteiger partial charge in [-0.3, -0.25) is 0 Å². The molecule has 0 aromatic heterocycles. The first-order valence-corrected chi connectivity index (χ1v) is 8.74. The number of hydrogen-bond acceptors (Lipinski definition) is 4. The fourth-order valence-electron chi connectivity index (χ4n) is 2.59. The van der Waals surface area contributed by atoms with Crippen LogP contribution < -0.4 is 25.0 Å². The molecular formula is C19H24ClN3O3.